The van der Waals surface area contributed by atoms with Gasteiger partial charge in [0, 0.05) is 17.5 Å². The molecule has 0 saturated heterocycles. The summed E-state index contributed by atoms with van der Waals surface area (Å²) in [7, 11) is 1.56. The van der Waals surface area contributed by atoms with Crippen molar-refractivity contribution in [3.05, 3.63) is 23.8 Å². The van der Waals surface area contributed by atoms with Crippen LogP contribution >= 0.6 is 0 Å². The topological polar surface area (TPSA) is 68.3 Å². The number of nitrogens with zero attached hydrogens (tertiary/aromatic N) is 1. The number of nitriles is 1. The summed E-state index contributed by atoms with van der Waals surface area (Å²) in [6, 6.07) is 7.11. The van der Waals surface area contributed by atoms with Crippen molar-refractivity contribution in [1.82, 2.24) is 0 Å². The smallest absolute Gasteiger partial charge is 0.124 e. The third kappa shape index (κ3) is 4.15. The second-order valence-electron chi connectivity index (χ2n) is 5.77. The molecule has 4 heteroatoms. The van der Waals surface area contributed by atoms with E-state index in [1.54, 1.807) is 25.3 Å². The van der Waals surface area contributed by atoms with E-state index in [4.69, 9.17) is 20.5 Å². The van der Waals surface area contributed by atoms with Crippen LogP contribution in [0.4, 0.5) is 0 Å². The van der Waals surface area contributed by atoms with E-state index in [1.807, 2.05) is 6.92 Å². The van der Waals surface area contributed by atoms with E-state index >= 15 is 0 Å². The fraction of sp³-hybridized carbons (Fsp3) is 0.533. The summed E-state index contributed by atoms with van der Waals surface area (Å²) in [4.78, 5) is 0. The molecule has 19 heavy (non-hydrogen) atoms. The largest absolute Gasteiger partial charge is 0.497 e. The highest BCUT2D eigenvalue weighted by Gasteiger charge is 2.30. The van der Waals surface area contributed by atoms with E-state index in [2.05, 4.69) is 26.8 Å². The fourth-order valence-electron chi connectivity index (χ4n) is 2.04. The molecule has 0 saturated carbocycles. The zero-order chi connectivity index (χ0) is 14.6. The van der Waals surface area contributed by atoms with Gasteiger partial charge in [0.15, 0.2) is 0 Å². The minimum atomic E-state index is -0.147. The Balaban J connectivity index is 3.06. The average Bonchev–Trinajstić information content (AvgIpc) is 2.33. The van der Waals surface area contributed by atoms with Crippen LogP contribution in [0.15, 0.2) is 18.2 Å². The van der Waals surface area contributed by atoms with Crippen LogP contribution < -0.4 is 15.2 Å². The number of methoxy groups -OCH3 is 1. The molecular formula is C15H22N2O2. The number of rotatable bonds is 4. The minimum absolute atomic E-state index is 0.0932. The van der Waals surface area contributed by atoms with Crippen molar-refractivity contribution in [2.24, 2.45) is 11.1 Å². The van der Waals surface area contributed by atoms with Crippen LogP contribution in [0.25, 0.3) is 0 Å². The Hall–Kier alpha value is -1.73. The first-order chi connectivity index (χ1) is 8.77. The summed E-state index contributed by atoms with van der Waals surface area (Å²) >= 11 is 0. The Labute approximate surface area is 115 Å². The predicted molar refractivity (Wildman–Crippen MR) is 75.2 cm³/mol. The maximum atomic E-state index is 9.00. The molecule has 104 valence electrons. The maximum Gasteiger partial charge on any atom is 0.124 e. The van der Waals surface area contributed by atoms with Crippen molar-refractivity contribution in [2.45, 2.75) is 39.8 Å². The van der Waals surface area contributed by atoms with Gasteiger partial charge in [0.1, 0.15) is 17.6 Å². The monoisotopic (exact) mass is 262 g/mol. The van der Waals surface area contributed by atoms with Crippen molar-refractivity contribution < 1.29 is 9.47 Å². The van der Waals surface area contributed by atoms with Gasteiger partial charge in [-0.1, -0.05) is 20.8 Å². The van der Waals surface area contributed by atoms with Gasteiger partial charge in [-0.05, 0) is 19.1 Å². The van der Waals surface area contributed by atoms with E-state index < -0.39 is 0 Å². The zero-order valence-corrected chi connectivity index (χ0v) is 12.2. The van der Waals surface area contributed by atoms with Gasteiger partial charge in [-0.15, -0.1) is 0 Å². The summed E-state index contributed by atoms with van der Waals surface area (Å²) in [6.07, 6.45) is -0.147. The van der Waals surface area contributed by atoms with Crippen molar-refractivity contribution >= 4 is 0 Å². The molecule has 0 radical (unpaired) electrons. The van der Waals surface area contributed by atoms with E-state index in [-0.39, 0.29) is 17.6 Å². The number of hydrogen-bond donors (Lipinski definition) is 1. The molecule has 0 fully saturated rings. The Kier molecular flexibility index (Phi) is 4.79. The second kappa shape index (κ2) is 5.94. The molecule has 0 bridgehead atoms. The first-order valence-corrected chi connectivity index (χ1v) is 6.29. The molecule has 0 heterocycles. The molecule has 2 N–H and O–H groups in total. The molecule has 1 rings (SSSR count). The van der Waals surface area contributed by atoms with Crippen LogP contribution in [0.2, 0.25) is 0 Å². The fourth-order valence-corrected chi connectivity index (χ4v) is 2.04. The Bertz CT molecular complexity index is 470. The number of nitrogens with two attached hydrogens (primary N) is 1. The van der Waals surface area contributed by atoms with Crippen molar-refractivity contribution in [3.8, 4) is 17.6 Å². The van der Waals surface area contributed by atoms with Gasteiger partial charge in [0.05, 0.1) is 18.7 Å². The lowest BCUT2D eigenvalue weighted by molar-refractivity contribution is 0.0682. The number of ether oxygens (including phenoxy) is 2. The van der Waals surface area contributed by atoms with Gasteiger partial charge in [0.25, 0.3) is 0 Å². The highest BCUT2D eigenvalue weighted by atomic mass is 16.5. The third-order valence-corrected chi connectivity index (χ3v) is 2.84. The summed E-state index contributed by atoms with van der Waals surface area (Å²) in [5.74, 6) is 1.21. The molecule has 0 aliphatic heterocycles. The highest BCUT2D eigenvalue weighted by molar-refractivity contribution is 5.44. The minimum Gasteiger partial charge on any atom is -0.497 e. The number of hydrogen-bond acceptors (Lipinski definition) is 4. The lowest BCUT2D eigenvalue weighted by atomic mass is 9.85. The molecule has 2 atom stereocenters. The van der Waals surface area contributed by atoms with Crippen molar-refractivity contribution in [2.75, 3.05) is 7.11 Å². The van der Waals surface area contributed by atoms with Gasteiger partial charge in [-0.3, -0.25) is 0 Å². The lowest BCUT2D eigenvalue weighted by Gasteiger charge is -2.34. The SMILES string of the molecule is COc1cc(C#N)cc(OC(C(C)N)C(C)(C)C)c1. The third-order valence-electron chi connectivity index (χ3n) is 2.84. The molecule has 0 aliphatic rings. The van der Waals surface area contributed by atoms with Crippen LogP contribution in [0.5, 0.6) is 11.5 Å². The summed E-state index contributed by atoms with van der Waals surface area (Å²) < 4.78 is 11.1. The maximum absolute atomic E-state index is 9.00. The summed E-state index contributed by atoms with van der Waals surface area (Å²) in [5.41, 5.74) is 6.40. The molecule has 0 aromatic heterocycles. The van der Waals surface area contributed by atoms with E-state index in [1.165, 1.54) is 0 Å². The average molecular weight is 262 g/mol. The molecule has 1 aromatic rings. The van der Waals surface area contributed by atoms with Gasteiger partial charge in [0.2, 0.25) is 0 Å². The Morgan fingerprint density at radius 1 is 1.21 bits per heavy atom. The molecule has 2 unspecified atom stereocenters. The van der Waals surface area contributed by atoms with Gasteiger partial charge < -0.3 is 15.2 Å². The van der Waals surface area contributed by atoms with E-state index in [9.17, 15) is 0 Å². The molecule has 0 aliphatic carbocycles. The van der Waals surface area contributed by atoms with Crippen LogP contribution in [0.3, 0.4) is 0 Å². The van der Waals surface area contributed by atoms with Gasteiger partial charge in [-0.25, -0.2) is 0 Å². The molecule has 4 nitrogen and oxygen atoms in total. The standard InChI is InChI=1S/C15H22N2O2/c1-10(17)14(15(2,3)4)19-13-7-11(9-16)6-12(8-13)18-5/h6-8,10,14H,17H2,1-5H3. The molecule has 0 amide bonds. The van der Waals surface area contributed by atoms with Crippen LogP contribution in [0, 0.1) is 16.7 Å². The molecular weight excluding hydrogens is 240 g/mol. The zero-order valence-electron chi connectivity index (χ0n) is 12.2. The van der Waals surface area contributed by atoms with Crippen LogP contribution in [-0.4, -0.2) is 19.3 Å². The van der Waals surface area contributed by atoms with Gasteiger partial charge in [-0.2, -0.15) is 5.26 Å². The highest BCUT2D eigenvalue weighted by Crippen LogP contribution is 2.29. The first-order valence-electron chi connectivity index (χ1n) is 6.29. The van der Waals surface area contributed by atoms with Crippen LogP contribution in [0.1, 0.15) is 33.3 Å². The van der Waals surface area contributed by atoms with Crippen molar-refractivity contribution in [1.29, 1.82) is 5.26 Å². The quantitative estimate of drug-likeness (QED) is 0.905. The van der Waals surface area contributed by atoms with E-state index in [0.717, 1.165) is 0 Å². The predicted octanol–water partition coefficient (Wildman–Crippen LogP) is 2.71. The normalized spacial score (nSPS) is 14.4. The Morgan fingerprint density at radius 3 is 2.21 bits per heavy atom. The lowest BCUT2D eigenvalue weighted by Crippen LogP contribution is -2.45. The molecule has 0 spiro atoms. The second-order valence-corrected chi connectivity index (χ2v) is 5.77. The summed E-state index contributed by atoms with van der Waals surface area (Å²) in [6.45, 7) is 8.15. The van der Waals surface area contributed by atoms with Gasteiger partial charge >= 0.3 is 0 Å². The number of benzene rings is 1. The first kappa shape index (κ1) is 15.3. The van der Waals surface area contributed by atoms with Crippen molar-refractivity contribution in [3.63, 3.8) is 0 Å². The Morgan fingerprint density at radius 2 is 1.79 bits per heavy atom. The van der Waals surface area contributed by atoms with Crippen LogP contribution in [-0.2, 0) is 0 Å². The van der Waals surface area contributed by atoms with E-state index in [0.29, 0.717) is 17.1 Å². The summed E-state index contributed by atoms with van der Waals surface area (Å²) in [5, 5.41) is 9.00. The molecule has 1 aromatic carbocycles.